The van der Waals surface area contributed by atoms with Crippen LogP contribution in [0.25, 0.3) is 5.57 Å². The smallest absolute Gasteiger partial charge is 0.0309 e. The van der Waals surface area contributed by atoms with Gasteiger partial charge in [-0.2, -0.15) is 0 Å². The lowest BCUT2D eigenvalue weighted by atomic mass is 9.95. The Hall–Kier alpha value is -2.04. The van der Waals surface area contributed by atoms with Crippen LogP contribution in [0, 0.1) is 0 Å². The quantitative estimate of drug-likeness (QED) is 0.451. The zero-order valence-corrected chi connectivity index (χ0v) is 18.2. The lowest BCUT2D eigenvalue weighted by Gasteiger charge is -2.09. The van der Waals surface area contributed by atoms with Crippen molar-refractivity contribution in [3.05, 3.63) is 83.1 Å². The minimum absolute atomic E-state index is 1.21. The summed E-state index contributed by atoms with van der Waals surface area (Å²) in [4.78, 5) is 0. The maximum absolute atomic E-state index is 3.91. The molecule has 1 saturated carbocycles. The van der Waals surface area contributed by atoms with Crippen LogP contribution >= 0.6 is 0 Å². The van der Waals surface area contributed by atoms with Crippen LogP contribution in [0.4, 0.5) is 0 Å². The number of benzene rings is 2. The molecule has 0 N–H and O–H groups in total. The van der Waals surface area contributed by atoms with Crippen molar-refractivity contribution in [1.29, 1.82) is 0 Å². The Morgan fingerprint density at radius 1 is 0.448 bits per heavy atom. The molecule has 0 nitrogen and oxygen atoms in total. The van der Waals surface area contributed by atoms with E-state index in [1.54, 1.807) is 0 Å². The van der Waals surface area contributed by atoms with E-state index >= 15 is 0 Å². The fraction of sp³-hybridized carbons (Fsp3) is 0.483. The largest absolute Gasteiger partial charge is 0.113 e. The van der Waals surface area contributed by atoms with Crippen molar-refractivity contribution >= 4 is 5.57 Å². The van der Waals surface area contributed by atoms with Crippen LogP contribution in [0.15, 0.2) is 72.0 Å². The molecule has 0 heteroatoms. The van der Waals surface area contributed by atoms with Gasteiger partial charge < -0.3 is 0 Å². The number of rotatable bonds is 2. The van der Waals surface area contributed by atoms with Gasteiger partial charge in [-0.3, -0.25) is 0 Å². The van der Waals surface area contributed by atoms with Crippen molar-refractivity contribution in [3.8, 4) is 0 Å². The van der Waals surface area contributed by atoms with Crippen LogP contribution in [0.5, 0.6) is 0 Å². The molecule has 0 saturated heterocycles. The summed E-state index contributed by atoms with van der Waals surface area (Å²) in [6.45, 7) is 0. The van der Waals surface area contributed by atoms with Crippen LogP contribution in [0.2, 0.25) is 0 Å². The number of hydrogen-bond acceptors (Lipinski definition) is 0. The van der Waals surface area contributed by atoms with Gasteiger partial charge in [-0.15, -0.1) is 5.73 Å². The van der Waals surface area contributed by atoms with Gasteiger partial charge in [0.2, 0.25) is 0 Å². The highest BCUT2D eigenvalue weighted by atomic mass is 14.1. The highest BCUT2D eigenvalue weighted by Gasteiger charge is 2.06. The van der Waals surface area contributed by atoms with E-state index in [1.807, 2.05) is 0 Å². The second-order valence-electron chi connectivity index (χ2n) is 8.58. The monoisotopic (exact) mass is 386 g/mol. The molecular formula is C29H38. The van der Waals surface area contributed by atoms with E-state index in [1.165, 1.54) is 112 Å². The van der Waals surface area contributed by atoms with Gasteiger partial charge in [0, 0.05) is 5.57 Å². The maximum atomic E-state index is 3.91. The third-order valence-corrected chi connectivity index (χ3v) is 6.13. The van der Waals surface area contributed by atoms with Gasteiger partial charge in [0.15, 0.2) is 0 Å². The first-order valence-corrected chi connectivity index (χ1v) is 12.0. The van der Waals surface area contributed by atoms with Gasteiger partial charge in [0.1, 0.15) is 0 Å². The van der Waals surface area contributed by atoms with Crippen LogP contribution in [-0.2, 0) is 0 Å². The molecule has 1 aliphatic carbocycles. The normalized spacial score (nSPS) is 17.6. The Bertz CT molecular complexity index is 688. The third kappa shape index (κ3) is 8.08. The molecule has 1 fully saturated rings. The molecule has 3 rings (SSSR count). The average molecular weight is 387 g/mol. The van der Waals surface area contributed by atoms with Gasteiger partial charge in [-0.1, -0.05) is 125 Å². The summed E-state index contributed by atoms with van der Waals surface area (Å²) >= 11 is 0. The Kier molecular flexibility index (Phi) is 9.89. The first kappa shape index (κ1) is 21.7. The summed E-state index contributed by atoms with van der Waals surface area (Å²) in [5.74, 6) is 0. The minimum atomic E-state index is 1.21. The Balaban J connectivity index is 1.84. The lowest BCUT2D eigenvalue weighted by molar-refractivity contribution is 0.548. The van der Waals surface area contributed by atoms with E-state index in [2.05, 4.69) is 66.4 Å². The highest BCUT2D eigenvalue weighted by molar-refractivity contribution is 5.79. The molecule has 1 aliphatic rings. The van der Waals surface area contributed by atoms with Crippen molar-refractivity contribution in [2.75, 3.05) is 0 Å². The van der Waals surface area contributed by atoms with Crippen molar-refractivity contribution < 1.29 is 0 Å². The molecule has 29 heavy (non-hydrogen) atoms. The Morgan fingerprint density at radius 2 is 0.793 bits per heavy atom. The zero-order valence-electron chi connectivity index (χ0n) is 18.2. The highest BCUT2D eigenvalue weighted by Crippen LogP contribution is 2.26. The molecule has 0 heterocycles. The topological polar surface area (TPSA) is 0 Å². The molecule has 0 aliphatic heterocycles. The molecule has 0 bridgehead atoms. The van der Waals surface area contributed by atoms with Crippen molar-refractivity contribution in [3.63, 3.8) is 0 Å². The van der Waals surface area contributed by atoms with Crippen LogP contribution < -0.4 is 0 Å². The average Bonchev–Trinajstić information content (AvgIpc) is 2.78. The molecular weight excluding hydrogens is 348 g/mol. The summed E-state index contributed by atoms with van der Waals surface area (Å²) in [7, 11) is 0. The second-order valence-corrected chi connectivity index (χ2v) is 8.58. The SMILES string of the molecule is C(=C1CCCCCCCCCCCCCC1)=C(c1ccccc1)c1ccccc1. The van der Waals surface area contributed by atoms with Crippen molar-refractivity contribution in [2.24, 2.45) is 0 Å². The predicted octanol–water partition coefficient (Wildman–Crippen LogP) is 9.12. The van der Waals surface area contributed by atoms with Crippen LogP contribution in [0.1, 0.15) is 101 Å². The van der Waals surface area contributed by atoms with Gasteiger partial charge in [-0.05, 0) is 42.4 Å². The summed E-state index contributed by atoms with van der Waals surface area (Å²) in [5.41, 5.74) is 9.27. The Morgan fingerprint density at radius 3 is 1.17 bits per heavy atom. The fourth-order valence-electron chi connectivity index (χ4n) is 4.39. The van der Waals surface area contributed by atoms with E-state index in [4.69, 9.17) is 0 Å². The van der Waals surface area contributed by atoms with Gasteiger partial charge in [-0.25, -0.2) is 0 Å². The standard InChI is InChI=1S/C29H38/c1-2-4-6-8-10-14-20-26(19-13-9-7-5-3-1)25-29(27-21-15-11-16-22-27)28-23-17-12-18-24-28/h11-12,15-18,21-24H,1-10,13-14,19-20H2. The van der Waals surface area contributed by atoms with Crippen molar-refractivity contribution in [1.82, 2.24) is 0 Å². The van der Waals surface area contributed by atoms with E-state index in [0.717, 1.165) is 0 Å². The Labute approximate surface area is 178 Å². The van der Waals surface area contributed by atoms with E-state index in [0.29, 0.717) is 0 Å². The first-order valence-electron chi connectivity index (χ1n) is 12.0. The van der Waals surface area contributed by atoms with Gasteiger partial charge in [0.25, 0.3) is 0 Å². The van der Waals surface area contributed by atoms with Crippen molar-refractivity contribution in [2.45, 2.75) is 89.9 Å². The first-order chi connectivity index (χ1) is 14.4. The lowest BCUT2D eigenvalue weighted by Crippen LogP contribution is -1.90. The summed E-state index contributed by atoms with van der Waals surface area (Å²) in [5, 5.41) is 0. The molecule has 2 aromatic carbocycles. The van der Waals surface area contributed by atoms with Crippen LogP contribution in [-0.4, -0.2) is 0 Å². The van der Waals surface area contributed by atoms with E-state index in [-0.39, 0.29) is 0 Å². The second kappa shape index (κ2) is 13.2. The van der Waals surface area contributed by atoms with Gasteiger partial charge >= 0.3 is 0 Å². The number of allylic oxidation sites excluding steroid dienone is 1. The molecule has 2 aromatic rings. The van der Waals surface area contributed by atoms with Gasteiger partial charge in [0.05, 0.1) is 0 Å². The molecule has 0 aromatic heterocycles. The zero-order chi connectivity index (χ0) is 20.0. The fourth-order valence-corrected chi connectivity index (χ4v) is 4.39. The molecule has 154 valence electrons. The molecule has 0 atom stereocenters. The predicted molar refractivity (Wildman–Crippen MR) is 127 cm³/mol. The molecule has 0 spiro atoms. The molecule has 0 amide bonds. The summed E-state index contributed by atoms with van der Waals surface area (Å²) < 4.78 is 0. The summed E-state index contributed by atoms with van der Waals surface area (Å²) in [6, 6.07) is 21.7. The van der Waals surface area contributed by atoms with E-state index < -0.39 is 0 Å². The molecule has 0 radical (unpaired) electrons. The maximum Gasteiger partial charge on any atom is 0.0309 e. The van der Waals surface area contributed by atoms with Crippen LogP contribution in [0.3, 0.4) is 0 Å². The third-order valence-electron chi connectivity index (χ3n) is 6.13. The minimum Gasteiger partial charge on any atom is -0.113 e. The van der Waals surface area contributed by atoms with E-state index in [9.17, 15) is 0 Å². The summed E-state index contributed by atoms with van der Waals surface area (Å²) in [6.07, 6.45) is 19.2. The molecule has 0 unspecified atom stereocenters. The number of hydrogen-bond donors (Lipinski definition) is 0.